The number of carbonyl (C=O) groups is 1. The molecule has 1 aliphatic heterocycles. The van der Waals surface area contributed by atoms with Crippen molar-refractivity contribution in [3.05, 3.63) is 11.9 Å². The molecule has 62 valence electrons. The van der Waals surface area contributed by atoms with Gasteiger partial charge in [0.1, 0.15) is 12.1 Å². The maximum Gasteiger partial charge on any atom is 0.313 e. The Balaban J connectivity index is 2.57. The molecule has 0 fully saturated rings. The number of nitrogens with zero attached hydrogens (tertiary/aromatic N) is 1. The minimum atomic E-state index is -0.758. The van der Waals surface area contributed by atoms with Crippen LogP contribution in [0.2, 0.25) is 0 Å². The van der Waals surface area contributed by atoms with Crippen LogP contribution in [0.5, 0.6) is 0 Å². The van der Waals surface area contributed by atoms with Gasteiger partial charge in [-0.05, 0) is 0 Å². The average Bonchev–Trinajstić information content (AvgIpc) is 2.09. The van der Waals surface area contributed by atoms with Crippen LogP contribution in [0.25, 0.3) is 0 Å². The smallest absolute Gasteiger partial charge is 0.313 e. The van der Waals surface area contributed by atoms with E-state index in [0.29, 0.717) is 0 Å². The summed E-state index contributed by atoms with van der Waals surface area (Å²) in [6.07, 6.45) is 2.04. The Kier molecular flexibility index (Phi) is 2.14. The lowest BCUT2D eigenvalue weighted by Gasteiger charge is -2.08. The second kappa shape index (κ2) is 2.92. The van der Waals surface area contributed by atoms with E-state index in [1.165, 1.54) is 0 Å². The molecule has 1 atom stereocenters. The number of aliphatic carboxylic acids is 1. The fraction of sp³-hybridized carbons (Fsp3) is 0.571. The molecule has 0 aromatic carbocycles. The number of carboxylic acid groups (broad SMARTS) is 1. The zero-order chi connectivity index (χ0) is 8.43. The molecule has 1 unspecified atom stereocenters. The Labute approximate surface area is 65.7 Å². The Hall–Kier alpha value is -1.03. The molecule has 4 nitrogen and oxygen atoms in total. The summed E-state index contributed by atoms with van der Waals surface area (Å²) in [5.41, 5.74) is 0.944. The zero-order valence-corrected chi connectivity index (χ0v) is 6.79. The molecule has 11 heavy (non-hydrogen) atoms. The van der Waals surface area contributed by atoms with Crippen molar-refractivity contribution in [1.82, 2.24) is 4.90 Å². The van der Waals surface area contributed by atoms with Gasteiger partial charge in [-0.1, -0.05) is 0 Å². The van der Waals surface area contributed by atoms with Crippen molar-refractivity contribution in [2.45, 2.75) is 6.42 Å². The predicted octanol–water partition coefficient (Wildman–Crippen LogP) is -1.28. The van der Waals surface area contributed by atoms with E-state index < -0.39 is 5.97 Å². The zero-order valence-electron chi connectivity index (χ0n) is 6.79. The van der Waals surface area contributed by atoms with Crippen LogP contribution in [-0.2, 0) is 4.79 Å². The molecule has 1 aliphatic rings. The highest BCUT2D eigenvalue weighted by atomic mass is 16.4. The summed E-state index contributed by atoms with van der Waals surface area (Å²) in [6.45, 7) is 0.864. The van der Waals surface area contributed by atoms with Gasteiger partial charge in [-0.25, -0.2) is 0 Å². The molecular weight excluding hydrogens is 144 g/mol. The van der Waals surface area contributed by atoms with Crippen molar-refractivity contribution in [1.29, 1.82) is 0 Å². The summed E-state index contributed by atoms with van der Waals surface area (Å²) in [5, 5.41) is 8.51. The van der Waals surface area contributed by atoms with Crippen molar-refractivity contribution in [2.24, 2.45) is 0 Å². The summed E-state index contributed by atoms with van der Waals surface area (Å²) in [5.74, 6) is -0.758. The Morgan fingerprint density at radius 2 is 2.55 bits per heavy atom. The van der Waals surface area contributed by atoms with Crippen LogP contribution < -0.4 is 4.90 Å². The van der Waals surface area contributed by atoms with Crippen LogP contribution in [0, 0.1) is 0 Å². The highest BCUT2D eigenvalue weighted by molar-refractivity contribution is 5.69. The topological polar surface area (TPSA) is 45.0 Å². The first kappa shape index (κ1) is 8.07. The second-order valence-electron chi connectivity index (χ2n) is 2.92. The highest BCUT2D eigenvalue weighted by Crippen LogP contribution is 1.98. The van der Waals surface area contributed by atoms with Crippen molar-refractivity contribution in [3.63, 3.8) is 0 Å². The van der Waals surface area contributed by atoms with Crippen molar-refractivity contribution in [3.8, 4) is 0 Å². The standard InChI is InChI=1S/C7H12N2O2/c1-8-4-6(3-7(10)11)9(2)5-8/h4H,3,5H2,1-2H3,(H,10,11)/p+1. The SMILES string of the molecule is CN1C=C(CC(=O)O)[NH+](C)C1. The van der Waals surface area contributed by atoms with Crippen LogP contribution in [0.1, 0.15) is 6.42 Å². The van der Waals surface area contributed by atoms with E-state index in [2.05, 4.69) is 0 Å². The fourth-order valence-corrected chi connectivity index (χ4v) is 1.26. The van der Waals surface area contributed by atoms with Crippen molar-refractivity contribution in [2.75, 3.05) is 20.8 Å². The van der Waals surface area contributed by atoms with E-state index in [1.807, 2.05) is 25.2 Å². The number of hydrogen-bond acceptors (Lipinski definition) is 2. The first-order valence-electron chi connectivity index (χ1n) is 3.55. The summed E-state index contributed by atoms with van der Waals surface area (Å²) in [7, 11) is 3.91. The summed E-state index contributed by atoms with van der Waals surface area (Å²) in [4.78, 5) is 13.5. The van der Waals surface area contributed by atoms with Gasteiger partial charge in [-0.2, -0.15) is 0 Å². The number of carboxylic acids is 1. The van der Waals surface area contributed by atoms with Crippen LogP contribution in [0.15, 0.2) is 11.9 Å². The molecule has 0 saturated carbocycles. The largest absolute Gasteiger partial charge is 0.481 e. The summed E-state index contributed by atoms with van der Waals surface area (Å²) in [6, 6.07) is 0. The third-order valence-electron chi connectivity index (χ3n) is 1.75. The summed E-state index contributed by atoms with van der Waals surface area (Å²) < 4.78 is 0. The first-order valence-corrected chi connectivity index (χ1v) is 3.55. The molecule has 4 heteroatoms. The van der Waals surface area contributed by atoms with Crippen LogP contribution in [0.3, 0.4) is 0 Å². The number of nitrogens with one attached hydrogen (secondary N) is 1. The second-order valence-corrected chi connectivity index (χ2v) is 2.92. The van der Waals surface area contributed by atoms with Crippen LogP contribution >= 0.6 is 0 Å². The van der Waals surface area contributed by atoms with E-state index in [-0.39, 0.29) is 6.42 Å². The lowest BCUT2D eigenvalue weighted by Crippen LogP contribution is -3.06. The Bertz CT molecular complexity index is 201. The third kappa shape index (κ3) is 1.94. The van der Waals surface area contributed by atoms with Gasteiger partial charge in [0.25, 0.3) is 0 Å². The maximum absolute atomic E-state index is 10.3. The van der Waals surface area contributed by atoms with E-state index in [4.69, 9.17) is 5.11 Å². The van der Waals surface area contributed by atoms with Crippen molar-refractivity contribution < 1.29 is 14.8 Å². The number of quaternary nitrogens is 1. The predicted molar refractivity (Wildman–Crippen MR) is 39.9 cm³/mol. The molecule has 0 spiro atoms. The van der Waals surface area contributed by atoms with Gasteiger partial charge in [-0.15, -0.1) is 0 Å². The van der Waals surface area contributed by atoms with Gasteiger partial charge in [0, 0.05) is 7.05 Å². The van der Waals surface area contributed by atoms with Gasteiger partial charge >= 0.3 is 5.97 Å². The Morgan fingerprint density at radius 3 is 2.91 bits per heavy atom. The molecule has 0 aromatic heterocycles. The highest BCUT2D eigenvalue weighted by Gasteiger charge is 2.21. The van der Waals surface area contributed by atoms with E-state index in [0.717, 1.165) is 17.3 Å². The Morgan fingerprint density at radius 1 is 1.91 bits per heavy atom. The average molecular weight is 157 g/mol. The lowest BCUT2D eigenvalue weighted by atomic mass is 10.3. The van der Waals surface area contributed by atoms with Crippen LogP contribution in [-0.4, -0.2) is 36.7 Å². The molecule has 1 rings (SSSR count). The molecule has 0 aromatic rings. The molecule has 2 N–H and O–H groups in total. The number of rotatable bonds is 2. The van der Waals surface area contributed by atoms with Gasteiger partial charge in [-0.3, -0.25) is 9.69 Å². The summed E-state index contributed by atoms with van der Waals surface area (Å²) >= 11 is 0. The van der Waals surface area contributed by atoms with E-state index in [9.17, 15) is 4.79 Å². The number of hydrogen-bond donors (Lipinski definition) is 2. The van der Waals surface area contributed by atoms with Gasteiger partial charge in [0.15, 0.2) is 6.67 Å². The van der Waals surface area contributed by atoms with Gasteiger partial charge in [0.2, 0.25) is 0 Å². The molecule has 0 saturated heterocycles. The molecule has 0 radical (unpaired) electrons. The van der Waals surface area contributed by atoms with Crippen LogP contribution in [0.4, 0.5) is 0 Å². The van der Waals surface area contributed by atoms with E-state index >= 15 is 0 Å². The lowest BCUT2D eigenvalue weighted by molar-refractivity contribution is -0.841. The monoisotopic (exact) mass is 157 g/mol. The minimum absolute atomic E-state index is 0.149. The molecule has 0 amide bonds. The molecule has 0 bridgehead atoms. The van der Waals surface area contributed by atoms with E-state index in [1.54, 1.807) is 0 Å². The third-order valence-corrected chi connectivity index (χ3v) is 1.75. The van der Waals surface area contributed by atoms with Gasteiger partial charge < -0.3 is 10.0 Å². The maximum atomic E-state index is 10.3. The fourth-order valence-electron chi connectivity index (χ4n) is 1.26. The van der Waals surface area contributed by atoms with Gasteiger partial charge in [0.05, 0.1) is 13.2 Å². The first-order chi connectivity index (χ1) is 5.09. The molecular formula is C7H13N2O2+. The molecule has 0 aliphatic carbocycles. The molecule has 1 heterocycles. The quantitative estimate of drug-likeness (QED) is 0.525. The minimum Gasteiger partial charge on any atom is -0.481 e. The van der Waals surface area contributed by atoms with Crippen molar-refractivity contribution >= 4 is 5.97 Å². The normalized spacial score (nSPS) is 23.6.